The molecule has 0 fully saturated rings. The van der Waals surface area contributed by atoms with Crippen LogP contribution in [0.2, 0.25) is 0 Å². The van der Waals surface area contributed by atoms with Gasteiger partial charge in [0.05, 0.1) is 16.2 Å². The van der Waals surface area contributed by atoms with Gasteiger partial charge in [-0.1, -0.05) is 0 Å². The second-order valence-corrected chi connectivity index (χ2v) is 4.45. The lowest BCUT2D eigenvalue weighted by Crippen LogP contribution is -2.07. The van der Waals surface area contributed by atoms with Gasteiger partial charge in [-0.25, -0.2) is 13.2 Å². The van der Waals surface area contributed by atoms with Gasteiger partial charge in [0, 0.05) is 11.8 Å². The smallest absolute Gasteiger partial charge is 0.146 e. The van der Waals surface area contributed by atoms with E-state index in [1.165, 1.54) is 6.07 Å². The molecule has 0 aliphatic carbocycles. The maximum Gasteiger partial charge on any atom is 0.146 e. The van der Waals surface area contributed by atoms with E-state index in [1.807, 2.05) is 0 Å². The van der Waals surface area contributed by atoms with Crippen molar-refractivity contribution < 1.29 is 18.3 Å². The van der Waals surface area contributed by atoms with Gasteiger partial charge in [0.15, 0.2) is 0 Å². The maximum absolute atomic E-state index is 13.7. The average molecular weight is 318 g/mol. The Morgan fingerprint density at radius 3 is 2.56 bits per heavy atom. The summed E-state index contributed by atoms with van der Waals surface area (Å²) < 4.78 is 40.2. The molecule has 0 radical (unpaired) electrons. The van der Waals surface area contributed by atoms with Crippen molar-refractivity contribution in [2.24, 2.45) is 0 Å². The Bertz CT molecular complexity index is 592. The van der Waals surface area contributed by atoms with Crippen LogP contribution >= 0.6 is 15.9 Å². The molecule has 1 N–H and O–H groups in total. The third-order valence-electron chi connectivity index (χ3n) is 2.39. The number of pyridine rings is 1. The van der Waals surface area contributed by atoms with E-state index in [0.29, 0.717) is 0 Å². The molecule has 1 aromatic carbocycles. The number of rotatable bonds is 2. The Morgan fingerprint density at radius 2 is 1.89 bits per heavy atom. The summed E-state index contributed by atoms with van der Waals surface area (Å²) in [7, 11) is 0. The number of halogens is 4. The van der Waals surface area contributed by atoms with Crippen LogP contribution in [0.5, 0.6) is 0 Å². The minimum atomic E-state index is -1.62. The minimum absolute atomic E-state index is 0.0160. The third kappa shape index (κ3) is 2.39. The van der Waals surface area contributed by atoms with Crippen LogP contribution in [-0.4, -0.2) is 10.1 Å². The Labute approximate surface area is 109 Å². The number of aromatic nitrogens is 1. The fraction of sp³-hybridized carbons (Fsp3) is 0.0833. The van der Waals surface area contributed by atoms with Crippen molar-refractivity contribution in [1.29, 1.82) is 0 Å². The number of aliphatic hydroxyl groups excluding tert-OH is 1. The summed E-state index contributed by atoms with van der Waals surface area (Å²) in [6, 6.07) is 3.17. The number of aliphatic hydroxyl groups is 1. The lowest BCUT2D eigenvalue weighted by molar-refractivity contribution is 0.208. The van der Waals surface area contributed by atoms with E-state index >= 15 is 0 Å². The van der Waals surface area contributed by atoms with Crippen molar-refractivity contribution in [2.45, 2.75) is 6.10 Å². The summed E-state index contributed by atoms with van der Waals surface area (Å²) in [6.07, 6.45) is 0.461. The first-order valence-electron chi connectivity index (χ1n) is 4.92. The first-order chi connectivity index (χ1) is 8.50. The normalized spacial score (nSPS) is 12.5. The molecule has 2 aromatic rings. The molecule has 1 heterocycles. The van der Waals surface area contributed by atoms with Gasteiger partial charge in [0.25, 0.3) is 0 Å². The van der Waals surface area contributed by atoms with Gasteiger partial charge in [-0.3, -0.25) is 4.98 Å². The van der Waals surface area contributed by atoms with Gasteiger partial charge in [0.2, 0.25) is 0 Å². The maximum atomic E-state index is 13.7. The Balaban J connectivity index is 2.52. The number of benzene rings is 1. The quantitative estimate of drug-likeness (QED) is 0.862. The van der Waals surface area contributed by atoms with E-state index in [0.717, 1.165) is 24.5 Å². The van der Waals surface area contributed by atoms with Crippen molar-refractivity contribution in [3.63, 3.8) is 0 Å². The van der Waals surface area contributed by atoms with Crippen molar-refractivity contribution in [3.8, 4) is 0 Å². The molecule has 1 atom stereocenters. The highest BCUT2D eigenvalue weighted by Crippen LogP contribution is 2.30. The van der Waals surface area contributed by atoms with Crippen LogP contribution in [0.1, 0.15) is 17.2 Å². The molecule has 2 rings (SSSR count). The predicted molar refractivity (Wildman–Crippen MR) is 62.3 cm³/mol. The Hall–Kier alpha value is -1.40. The summed E-state index contributed by atoms with van der Waals surface area (Å²) in [6.45, 7) is 0. The molecule has 1 aromatic heterocycles. The molecule has 0 aliphatic heterocycles. The molecule has 0 saturated carbocycles. The Kier molecular flexibility index (Phi) is 3.68. The molecular weight excluding hydrogens is 311 g/mol. The van der Waals surface area contributed by atoms with Crippen molar-refractivity contribution >= 4 is 15.9 Å². The summed E-state index contributed by atoms with van der Waals surface area (Å²) >= 11 is 2.89. The van der Waals surface area contributed by atoms with Crippen LogP contribution in [-0.2, 0) is 0 Å². The molecule has 94 valence electrons. The van der Waals surface area contributed by atoms with E-state index in [9.17, 15) is 18.3 Å². The van der Waals surface area contributed by atoms with Crippen LogP contribution < -0.4 is 0 Å². The van der Waals surface area contributed by atoms with Crippen LogP contribution in [0.25, 0.3) is 0 Å². The number of nitrogens with zero attached hydrogens (tertiary/aromatic N) is 1. The second-order valence-electron chi connectivity index (χ2n) is 3.60. The molecule has 0 aliphatic rings. The molecule has 1 unspecified atom stereocenters. The van der Waals surface area contributed by atoms with Gasteiger partial charge in [0.1, 0.15) is 23.6 Å². The summed E-state index contributed by atoms with van der Waals surface area (Å²) in [4.78, 5) is 3.52. The van der Waals surface area contributed by atoms with Crippen molar-refractivity contribution in [3.05, 3.63) is 63.6 Å². The molecule has 6 heteroatoms. The molecule has 0 amide bonds. The van der Waals surface area contributed by atoms with Crippen LogP contribution in [0.3, 0.4) is 0 Å². The zero-order chi connectivity index (χ0) is 13.3. The predicted octanol–water partition coefficient (Wildman–Crippen LogP) is 3.34. The summed E-state index contributed by atoms with van der Waals surface area (Å²) in [5.41, 5.74) is -0.567. The van der Waals surface area contributed by atoms with E-state index in [4.69, 9.17) is 0 Å². The third-order valence-corrected chi connectivity index (χ3v) is 3.01. The first-order valence-corrected chi connectivity index (χ1v) is 5.72. The molecular formula is C12H7BrF3NO. The van der Waals surface area contributed by atoms with Gasteiger partial charge >= 0.3 is 0 Å². The topological polar surface area (TPSA) is 33.1 Å². The monoisotopic (exact) mass is 317 g/mol. The standard InChI is InChI=1S/C12H7BrF3NO/c13-8-1-2-9(15)10(11(8)16)12(18)6-3-7(14)5-17-4-6/h1-5,12,18H. The van der Waals surface area contributed by atoms with Crippen LogP contribution in [0.4, 0.5) is 13.2 Å². The van der Waals surface area contributed by atoms with Gasteiger partial charge in [-0.15, -0.1) is 0 Å². The van der Waals surface area contributed by atoms with Crippen molar-refractivity contribution in [2.75, 3.05) is 0 Å². The minimum Gasteiger partial charge on any atom is -0.383 e. The lowest BCUT2D eigenvalue weighted by Gasteiger charge is -2.13. The lowest BCUT2D eigenvalue weighted by atomic mass is 10.0. The highest BCUT2D eigenvalue weighted by atomic mass is 79.9. The zero-order valence-corrected chi connectivity index (χ0v) is 10.5. The van der Waals surface area contributed by atoms with Gasteiger partial charge in [-0.05, 0) is 34.1 Å². The SMILES string of the molecule is OC(c1cncc(F)c1)c1c(F)ccc(Br)c1F. The summed E-state index contributed by atoms with van der Waals surface area (Å²) in [5, 5.41) is 9.89. The van der Waals surface area contributed by atoms with Crippen molar-refractivity contribution in [1.82, 2.24) is 4.98 Å². The number of hydrogen-bond donors (Lipinski definition) is 1. The second kappa shape index (κ2) is 5.07. The van der Waals surface area contributed by atoms with Crippen LogP contribution in [0, 0.1) is 17.5 Å². The van der Waals surface area contributed by atoms with Gasteiger partial charge < -0.3 is 5.11 Å². The fourth-order valence-electron chi connectivity index (χ4n) is 1.54. The number of hydrogen-bond acceptors (Lipinski definition) is 2. The van der Waals surface area contributed by atoms with E-state index < -0.39 is 29.1 Å². The molecule has 0 bridgehead atoms. The largest absolute Gasteiger partial charge is 0.383 e. The molecule has 18 heavy (non-hydrogen) atoms. The Morgan fingerprint density at radius 1 is 1.17 bits per heavy atom. The van der Waals surface area contributed by atoms with Crippen LogP contribution in [0.15, 0.2) is 35.1 Å². The molecule has 2 nitrogen and oxygen atoms in total. The zero-order valence-electron chi connectivity index (χ0n) is 8.87. The van der Waals surface area contributed by atoms with Gasteiger partial charge in [-0.2, -0.15) is 0 Å². The average Bonchev–Trinajstić information content (AvgIpc) is 2.34. The molecule has 0 spiro atoms. The fourth-order valence-corrected chi connectivity index (χ4v) is 1.88. The highest BCUT2D eigenvalue weighted by molar-refractivity contribution is 9.10. The van der Waals surface area contributed by atoms with E-state index in [-0.39, 0.29) is 10.0 Å². The van der Waals surface area contributed by atoms with E-state index in [2.05, 4.69) is 20.9 Å². The highest BCUT2D eigenvalue weighted by Gasteiger charge is 2.22. The summed E-state index contributed by atoms with van der Waals surface area (Å²) in [5.74, 6) is -2.53. The van der Waals surface area contributed by atoms with E-state index in [1.54, 1.807) is 0 Å². The first kappa shape index (κ1) is 13.0. The molecule has 0 saturated heterocycles.